The Morgan fingerprint density at radius 1 is 1.20 bits per heavy atom. The van der Waals surface area contributed by atoms with Gasteiger partial charge in [0.2, 0.25) is 0 Å². The lowest BCUT2D eigenvalue weighted by atomic mass is 10.2. The molecule has 0 saturated carbocycles. The fourth-order valence-electron chi connectivity index (χ4n) is 1.36. The second-order valence-corrected chi connectivity index (χ2v) is 2.97. The SMILES string of the molecule is Cl.NCCOc1cccc2cccnc12. The number of aromatic nitrogens is 1. The van der Waals surface area contributed by atoms with Crippen molar-refractivity contribution in [1.29, 1.82) is 0 Å². The maximum atomic E-state index is 5.48. The van der Waals surface area contributed by atoms with Crippen LogP contribution >= 0.6 is 12.4 Å². The van der Waals surface area contributed by atoms with Crippen molar-refractivity contribution in [1.82, 2.24) is 4.98 Å². The van der Waals surface area contributed by atoms with Gasteiger partial charge in [-0.1, -0.05) is 18.2 Å². The summed E-state index contributed by atoms with van der Waals surface area (Å²) in [5.74, 6) is 0.800. The van der Waals surface area contributed by atoms with Gasteiger partial charge in [-0.3, -0.25) is 4.98 Å². The van der Waals surface area contributed by atoms with Gasteiger partial charge in [0.15, 0.2) is 0 Å². The monoisotopic (exact) mass is 224 g/mol. The molecule has 0 spiro atoms. The Labute approximate surface area is 94.7 Å². The average molecular weight is 225 g/mol. The van der Waals surface area contributed by atoms with Crippen LogP contribution < -0.4 is 10.5 Å². The van der Waals surface area contributed by atoms with Crippen LogP contribution in [0.4, 0.5) is 0 Å². The Bertz CT molecular complexity index is 428. The molecule has 1 aromatic heterocycles. The molecular formula is C11H13ClN2O. The predicted molar refractivity (Wildman–Crippen MR) is 63.5 cm³/mol. The van der Waals surface area contributed by atoms with Gasteiger partial charge < -0.3 is 10.5 Å². The van der Waals surface area contributed by atoms with E-state index in [9.17, 15) is 0 Å². The summed E-state index contributed by atoms with van der Waals surface area (Å²) in [7, 11) is 0. The number of benzene rings is 1. The topological polar surface area (TPSA) is 48.1 Å². The minimum Gasteiger partial charge on any atom is -0.490 e. The van der Waals surface area contributed by atoms with Crippen LogP contribution in [0.2, 0.25) is 0 Å². The summed E-state index contributed by atoms with van der Waals surface area (Å²) in [4.78, 5) is 4.27. The largest absolute Gasteiger partial charge is 0.490 e. The van der Waals surface area contributed by atoms with Crippen molar-refractivity contribution in [2.24, 2.45) is 5.73 Å². The van der Waals surface area contributed by atoms with Crippen LogP contribution in [0, 0.1) is 0 Å². The van der Waals surface area contributed by atoms with E-state index in [-0.39, 0.29) is 12.4 Å². The standard InChI is InChI=1S/C11H12N2O.ClH/c12-6-8-14-10-5-1-3-9-4-2-7-13-11(9)10;/h1-5,7H,6,8,12H2;1H. The first-order valence-electron chi connectivity index (χ1n) is 4.58. The summed E-state index contributed by atoms with van der Waals surface area (Å²) >= 11 is 0. The van der Waals surface area contributed by atoms with E-state index in [0.29, 0.717) is 13.2 Å². The summed E-state index contributed by atoms with van der Waals surface area (Å²) in [6.07, 6.45) is 1.76. The molecule has 0 fully saturated rings. The Morgan fingerprint density at radius 3 is 2.80 bits per heavy atom. The van der Waals surface area contributed by atoms with E-state index in [1.807, 2.05) is 30.3 Å². The lowest BCUT2D eigenvalue weighted by molar-refractivity contribution is 0.331. The average Bonchev–Trinajstić information content (AvgIpc) is 2.26. The summed E-state index contributed by atoms with van der Waals surface area (Å²) in [5, 5.41) is 1.09. The highest BCUT2D eigenvalue weighted by molar-refractivity contribution is 5.85. The molecule has 2 rings (SSSR count). The fraction of sp³-hybridized carbons (Fsp3) is 0.182. The first-order chi connectivity index (χ1) is 6.92. The normalized spacial score (nSPS) is 9.67. The maximum absolute atomic E-state index is 5.48. The van der Waals surface area contributed by atoms with E-state index in [4.69, 9.17) is 10.5 Å². The molecule has 2 N–H and O–H groups in total. The molecular weight excluding hydrogens is 212 g/mol. The molecule has 0 unspecified atom stereocenters. The van der Waals surface area contributed by atoms with Gasteiger partial charge >= 0.3 is 0 Å². The first-order valence-corrected chi connectivity index (χ1v) is 4.58. The number of nitrogens with two attached hydrogens (primary N) is 1. The number of ether oxygens (including phenoxy) is 1. The summed E-state index contributed by atoms with van der Waals surface area (Å²) in [6, 6.07) is 9.80. The number of para-hydroxylation sites is 1. The molecule has 80 valence electrons. The Kier molecular flexibility index (Phi) is 4.34. The molecule has 0 aliphatic carbocycles. The van der Waals surface area contributed by atoms with Gasteiger partial charge in [0, 0.05) is 18.1 Å². The van der Waals surface area contributed by atoms with E-state index in [1.54, 1.807) is 6.20 Å². The number of fused-ring (bicyclic) bond motifs is 1. The maximum Gasteiger partial charge on any atom is 0.145 e. The highest BCUT2D eigenvalue weighted by Gasteiger charge is 2.00. The van der Waals surface area contributed by atoms with E-state index >= 15 is 0 Å². The zero-order chi connectivity index (χ0) is 9.80. The van der Waals surface area contributed by atoms with Crippen LogP contribution in [0.15, 0.2) is 36.5 Å². The molecule has 3 nitrogen and oxygen atoms in total. The molecule has 1 heterocycles. The van der Waals surface area contributed by atoms with Crippen LogP contribution in [0.1, 0.15) is 0 Å². The molecule has 0 aliphatic rings. The Hall–Kier alpha value is -1.32. The van der Waals surface area contributed by atoms with Crippen molar-refractivity contribution in [2.45, 2.75) is 0 Å². The van der Waals surface area contributed by atoms with E-state index in [1.165, 1.54) is 0 Å². The van der Waals surface area contributed by atoms with Crippen LogP contribution in [0.25, 0.3) is 10.9 Å². The van der Waals surface area contributed by atoms with Crippen molar-refractivity contribution >= 4 is 23.3 Å². The third kappa shape index (κ3) is 2.58. The minimum atomic E-state index is 0. The van der Waals surface area contributed by atoms with Gasteiger partial charge in [-0.05, 0) is 12.1 Å². The third-order valence-electron chi connectivity index (χ3n) is 1.97. The number of nitrogens with zero attached hydrogens (tertiary/aromatic N) is 1. The molecule has 0 amide bonds. The number of pyridine rings is 1. The lowest BCUT2D eigenvalue weighted by Crippen LogP contribution is -2.10. The lowest BCUT2D eigenvalue weighted by Gasteiger charge is -2.06. The fourth-order valence-corrected chi connectivity index (χ4v) is 1.36. The second-order valence-electron chi connectivity index (χ2n) is 2.97. The molecule has 0 aliphatic heterocycles. The zero-order valence-corrected chi connectivity index (χ0v) is 9.04. The van der Waals surface area contributed by atoms with Crippen molar-refractivity contribution in [3.05, 3.63) is 36.5 Å². The molecule has 1 aromatic carbocycles. The minimum absolute atomic E-state index is 0. The molecule has 15 heavy (non-hydrogen) atoms. The van der Waals surface area contributed by atoms with Crippen LogP contribution in [-0.4, -0.2) is 18.1 Å². The van der Waals surface area contributed by atoms with Gasteiger partial charge in [0.25, 0.3) is 0 Å². The van der Waals surface area contributed by atoms with Gasteiger partial charge in [-0.2, -0.15) is 0 Å². The Morgan fingerprint density at radius 2 is 2.00 bits per heavy atom. The van der Waals surface area contributed by atoms with Crippen LogP contribution in [0.5, 0.6) is 5.75 Å². The number of hydrogen-bond acceptors (Lipinski definition) is 3. The van der Waals surface area contributed by atoms with E-state index < -0.39 is 0 Å². The highest BCUT2D eigenvalue weighted by Crippen LogP contribution is 2.22. The molecule has 2 aromatic rings. The highest BCUT2D eigenvalue weighted by atomic mass is 35.5. The predicted octanol–water partition coefficient (Wildman–Crippen LogP) is 1.99. The Balaban J connectivity index is 0.00000112. The van der Waals surface area contributed by atoms with Gasteiger partial charge in [0.05, 0.1) is 0 Å². The summed E-state index contributed by atoms with van der Waals surface area (Å²) in [5.41, 5.74) is 6.27. The van der Waals surface area contributed by atoms with Crippen LogP contribution in [-0.2, 0) is 0 Å². The smallest absolute Gasteiger partial charge is 0.145 e. The molecule has 4 heteroatoms. The molecule has 0 atom stereocenters. The van der Waals surface area contributed by atoms with E-state index in [0.717, 1.165) is 16.7 Å². The van der Waals surface area contributed by atoms with Gasteiger partial charge in [0.1, 0.15) is 17.9 Å². The molecule has 0 radical (unpaired) electrons. The van der Waals surface area contributed by atoms with Gasteiger partial charge in [-0.15, -0.1) is 12.4 Å². The summed E-state index contributed by atoms with van der Waals surface area (Å²) in [6.45, 7) is 1.04. The second kappa shape index (κ2) is 5.53. The van der Waals surface area contributed by atoms with Crippen LogP contribution in [0.3, 0.4) is 0 Å². The zero-order valence-electron chi connectivity index (χ0n) is 8.22. The van der Waals surface area contributed by atoms with Crippen molar-refractivity contribution in [3.63, 3.8) is 0 Å². The molecule has 0 saturated heterocycles. The third-order valence-corrected chi connectivity index (χ3v) is 1.97. The number of hydrogen-bond donors (Lipinski definition) is 1. The van der Waals surface area contributed by atoms with Crippen molar-refractivity contribution < 1.29 is 4.74 Å². The van der Waals surface area contributed by atoms with Crippen molar-refractivity contribution in [3.8, 4) is 5.75 Å². The number of halogens is 1. The summed E-state index contributed by atoms with van der Waals surface area (Å²) < 4.78 is 5.48. The first kappa shape index (κ1) is 11.8. The number of rotatable bonds is 3. The van der Waals surface area contributed by atoms with E-state index in [2.05, 4.69) is 4.98 Å². The van der Waals surface area contributed by atoms with Crippen molar-refractivity contribution in [2.75, 3.05) is 13.2 Å². The molecule has 0 bridgehead atoms. The van der Waals surface area contributed by atoms with Gasteiger partial charge in [-0.25, -0.2) is 0 Å². The quantitative estimate of drug-likeness (QED) is 0.868.